The van der Waals surface area contributed by atoms with E-state index < -0.39 is 6.04 Å². The third-order valence-electron chi connectivity index (χ3n) is 3.09. The molecule has 0 saturated carbocycles. The Bertz CT molecular complexity index is 648. The summed E-state index contributed by atoms with van der Waals surface area (Å²) in [7, 11) is 0. The van der Waals surface area contributed by atoms with E-state index in [-0.39, 0.29) is 24.2 Å². The van der Waals surface area contributed by atoms with Crippen molar-refractivity contribution < 1.29 is 14.0 Å². The first kappa shape index (κ1) is 17.0. The maximum Gasteiger partial charge on any atom is 0.262 e. The first-order valence-electron chi connectivity index (χ1n) is 7.24. The molecule has 1 atom stereocenters. The Labute approximate surface area is 138 Å². The van der Waals surface area contributed by atoms with Crippen LogP contribution in [0.2, 0.25) is 0 Å². The van der Waals surface area contributed by atoms with Crippen LogP contribution in [0.25, 0.3) is 0 Å². The van der Waals surface area contributed by atoms with Crippen LogP contribution < -0.4 is 10.7 Å². The summed E-state index contributed by atoms with van der Waals surface area (Å²) < 4.78 is 5.08. The van der Waals surface area contributed by atoms with Gasteiger partial charge in [0.1, 0.15) is 11.8 Å². The fourth-order valence-electron chi connectivity index (χ4n) is 1.92. The maximum absolute atomic E-state index is 12.2. The molecule has 0 fully saturated rings. The Morgan fingerprint density at radius 1 is 1.35 bits per heavy atom. The zero-order valence-electron chi connectivity index (χ0n) is 13.0. The SMILES string of the molecule is CC(C)[C@H](NC(=O)Cc1cccs1)C(=O)N/N=C\c1ccco1. The number of hydrogen-bond acceptors (Lipinski definition) is 5. The molecule has 0 radical (unpaired) electrons. The van der Waals surface area contributed by atoms with Crippen LogP contribution in [0.1, 0.15) is 24.5 Å². The fraction of sp³-hybridized carbons (Fsp3) is 0.312. The van der Waals surface area contributed by atoms with E-state index in [0.29, 0.717) is 5.76 Å². The first-order chi connectivity index (χ1) is 11.1. The van der Waals surface area contributed by atoms with E-state index in [0.717, 1.165) is 4.88 Å². The Morgan fingerprint density at radius 2 is 2.17 bits per heavy atom. The summed E-state index contributed by atoms with van der Waals surface area (Å²) in [6, 6.07) is 6.59. The molecular weight excluding hydrogens is 314 g/mol. The van der Waals surface area contributed by atoms with Gasteiger partial charge in [0.2, 0.25) is 5.91 Å². The third kappa shape index (κ3) is 5.37. The van der Waals surface area contributed by atoms with Crippen LogP contribution in [0.15, 0.2) is 45.4 Å². The van der Waals surface area contributed by atoms with E-state index in [1.807, 2.05) is 31.4 Å². The average molecular weight is 333 g/mol. The summed E-state index contributed by atoms with van der Waals surface area (Å²) in [4.78, 5) is 25.2. The van der Waals surface area contributed by atoms with Gasteiger partial charge in [0.25, 0.3) is 5.91 Å². The van der Waals surface area contributed by atoms with E-state index in [1.54, 1.807) is 12.1 Å². The second-order valence-electron chi connectivity index (χ2n) is 5.30. The number of nitrogens with zero attached hydrogens (tertiary/aromatic N) is 1. The summed E-state index contributed by atoms with van der Waals surface area (Å²) >= 11 is 1.51. The lowest BCUT2D eigenvalue weighted by Gasteiger charge is -2.20. The van der Waals surface area contributed by atoms with E-state index in [4.69, 9.17) is 4.42 Å². The summed E-state index contributed by atoms with van der Waals surface area (Å²) in [5.41, 5.74) is 2.42. The molecule has 0 spiro atoms. The molecule has 6 nitrogen and oxygen atoms in total. The molecule has 2 amide bonds. The van der Waals surface area contributed by atoms with Crippen LogP contribution in [0.3, 0.4) is 0 Å². The van der Waals surface area contributed by atoms with Crippen LogP contribution in [0.4, 0.5) is 0 Å². The van der Waals surface area contributed by atoms with Crippen LogP contribution in [0.5, 0.6) is 0 Å². The topological polar surface area (TPSA) is 83.7 Å². The highest BCUT2D eigenvalue weighted by atomic mass is 32.1. The smallest absolute Gasteiger partial charge is 0.262 e. The zero-order valence-corrected chi connectivity index (χ0v) is 13.8. The number of rotatable bonds is 7. The van der Waals surface area contributed by atoms with Gasteiger partial charge in [-0.05, 0) is 29.5 Å². The van der Waals surface area contributed by atoms with Crippen molar-refractivity contribution in [2.45, 2.75) is 26.3 Å². The van der Waals surface area contributed by atoms with Crippen molar-refractivity contribution in [1.82, 2.24) is 10.7 Å². The molecule has 0 bridgehead atoms. The lowest BCUT2D eigenvalue weighted by Crippen LogP contribution is -2.49. The van der Waals surface area contributed by atoms with Gasteiger partial charge in [-0.3, -0.25) is 9.59 Å². The van der Waals surface area contributed by atoms with Gasteiger partial charge in [-0.2, -0.15) is 5.10 Å². The number of carbonyl (C=O) groups excluding carboxylic acids is 2. The van der Waals surface area contributed by atoms with Crippen molar-refractivity contribution in [1.29, 1.82) is 0 Å². The van der Waals surface area contributed by atoms with Crippen molar-refractivity contribution in [2.75, 3.05) is 0 Å². The van der Waals surface area contributed by atoms with E-state index in [9.17, 15) is 9.59 Å². The fourth-order valence-corrected chi connectivity index (χ4v) is 2.63. The largest absolute Gasteiger partial charge is 0.463 e. The van der Waals surface area contributed by atoms with Crippen LogP contribution in [-0.4, -0.2) is 24.1 Å². The standard InChI is InChI=1S/C16H19N3O3S/c1-11(2)15(18-14(20)9-13-6-4-8-23-13)16(21)19-17-10-12-5-3-7-22-12/h3-8,10-11,15H,9H2,1-2H3,(H,18,20)(H,19,21)/b17-10-/t15-/m0/s1. The molecule has 0 aromatic carbocycles. The van der Waals surface area contributed by atoms with Crippen LogP contribution in [-0.2, 0) is 16.0 Å². The predicted molar refractivity (Wildman–Crippen MR) is 89.2 cm³/mol. The van der Waals surface area contributed by atoms with E-state index in [2.05, 4.69) is 15.8 Å². The number of hydrazone groups is 1. The van der Waals surface area contributed by atoms with Crippen molar-refractivity contribution in [3.63, 3.8) is 0 Å². The molecule has 2 aromatic heterocycles. The molecule has 7 heteroatoms. The lowest BCUT2D eigenvalue weighted by atomic mass is 10.0. The molecule has 23 heavy (non-hydrogen) atoms. The van der Waals surface area contributed by atoms with Gasteiger partial charge in [-0.25, -0.2) is 5.43 Å². The van der Waals surface area contributed by atoms with Crippen molar-refractivity contribution in [2.24, 2.45) is 11.0 Å². The van der Waals surface area contributed by atoms with Crippen molar-refractivity contribution in [3.8, 4) is 0 Å². The summed E-state index contributed by atoms with van der Waals surface area (Å²) in [6.07, 6.45) is 3.19. The Balaban J connectivity index is 1.89. The van der Waals surface area contributed by atoms with Gasteiger partial charge in [0.15, 0.2) is 0 Å². The first-order valence-corrected chi connectivity index (χ1v) is 8.12. The highest BCUT2D eigenvalue weighted by Gasteiger charge is 2.24. The predicted octanol–water partition coefficient (Wildman–Crippen LogP) is 2.17. The molecule has 0 unspecified atom stereocenters. The van der Waals surface area contributed by atoms with Gasteiger partial charge >= 0.3 is 0 Å². The molecule has 0 aliphatic carbocycles. The monoisotopic (exact) mass is 333 g/mol. The Morgan fingerprint density at radius 3 is 2.78 bits per heavy atom. The molecule has 2 rings (SSSR count). The van der Waals surface area contributed by atoms with Gasteiger partial charge < -0.3 is 9.73 Å². The minimum atomic E-state index is -0.642. The molecule has 0 aliphatic heterocycles. The number of nitrogens with one attached hydrogen (secondary N) is 2. The molecule has 0 aliphatic rings. The molecular formula is C16H19N3O3S. The van der Waals surface area contributed by atoms with Crippen molar-refractivity contribution >= 4 is 29.4 Å². The van der Waals surface area contributed by atoms with Gasteiger partial charge in [-0.15, -0.1) is 11.3 Å². The highest BCUT2D eigenvalue weighted by molar-refractivity contribution is 7.10. The number of amides is 2. The van der Waals surface area contributed by atoms with E-state index in [1.165, 1.54) is 23.8 Å². The number of thiophene rings is 1. The minimum absolute atomic E-state index is 0.0545. The van der Waals surface area contributed by atoms with Gasteiger partial charge in [0.05, 0.1) is 18.9 Å². The Hall–Kier alpha value is -2.41. The number of hydrogen-bond donors (Lipinski definition) is 2. The number of furan rings is 1. The van der Waals surface area contributed by atoms with Crippen LogP contribution in [0, 0.1) is 5.92 Å². The third-order valence-corrected chi connectivity index (χ3v) is 3.97. The number of carbonyl (C=O) groups is 2. The molecule has 0 saturated heterocycles. The molecule has 2 aromatic rings. The lowest BCUT2D eigenvalue weighted by molar-refractivity contribution is -0.129. The second-order valence-corrected chi connectivity index (χ2v) is 6.33. The summed E-state index contributed by atoms with van der Waals surface area (Å²) in [5.74, 6) is -0.0622. The minimum Gasteiger partial charge on any atom is -0.463 e. The zero-order chi connectivity index (χ0) is 16.7. The second kappa shape index (κ2) is 8.28. The van der Waals surface area contributed by atoms with E-state index >= 15 is 0 Å². The summed E-state index contributed by atoms with van der Waals surface area (Å²) in [5, 5.41) is 8.50. The quantitative estimate of drug-likeness (QED) is 0.602. The van der Waals surface area contributed by atoms with Gasteiger partial charge in [0, 0.05) is 4.88 Å². The highest BCUT2D eigenvalue weighted by Crippen LogP contribution is 2.10. The normalized spacial score (nSPS) is 12.5. The van der Waals surface area contributed by atoms with Crippen LogP contribution >= 0.6 is 11.3 Å². The molecule has 2 N–H and O–H groups in total. The van der Waals surface area contributed by atoms with Gasteiger partial charge in [-0.1, -0.05) is 19.9 Å². The maximum atomic E-state index is 12.2. The average Bonchev–Trinajstić information content (AvgIpc) is 3.17. The molecule has 122 valence electrons. The Kier molecular flexibility index (Phi) is 6.10. The summed E-state index contributed by atoms with van der Waals surface area (Å²) in [6.45, 7) is 3.73. The van der Waals surface area contributed by atoms with Crippen molar-refractivity contribution in [3.05, 3.63) is 46.5 Å². The molecule has 2 heterocycles.